The number of rotatable bonds is 7. The second kappa shape index (κ2) is 9.18. The number of anilines is 1. The third kappa shape index (κ3) is 4.54. The number of carbonyl (C=O) groups excluding carboxylic acids is 1. The topological polar surface area (TPSA) is 94.5 Å². The number of piperazine rings is 1. The Balaban J connectivity index is 1.28. The quantitative estimate of drug-likeness (QED) is 0.452. The molecule has 2 heterocycles. The molecule has 31 heavy (non-hydrogen) atoms. The van der Waals surface area contributed by atoms with Crippen molar-refractivity contribution in [2.45, 2.75) is 19.4 Å². The summed E-state index contributed by atoms with van der Waals surface area (Å²) in [5.41, 5.74) is 3.07. The summed E-state index contributed by atoms with van der Waals surface area (Å²) in [7, 11) is 0. The van der Waals surface area contributed by atoms with E-state index in [9.17, 15) is 14.9 Å². The lowest BCUT2D eigenvalue weighted by atomic mass is 10.1. The van der Waals surface area contributed by atoms with Crippen LogP contribution in [0.5, 0.6) is 0 Å². The maximum atomic E-state index is 12.7. The highest BCUT2D eigenvalue weighted by atomic mass is 16.6. The number of benzene rings is 2. The first kappa shape index (κ1) is 20.9. The molecule has 0 radical (unpaired) electrons. The minimum atomic E-state index is -0.342. The Morgan fingerprint density at radius 3 is 2.61 bits per heavy atom. The van der Waals surface area contributed by atoms with Gasteiger partial charge in [0.25, 0.3) is 5.69 Å². The van der Waals surface area contributed by atoms with Crippen LogP contribution in [0.25, 0.3) is 10.9 Å². The van der Waals surface area contributed by atoms with E-state index < -0.39 is 0 Å². The van der Waals surface area contributed by atoms with Crippen molar-refractivity contribution in [3.05, 3.63) is 70.4 Å². The number of para-hydroxylation sites is 3. The number of H-pyrrole nitrogens is 1. The van der Waals surface area contributed by atoms with E-state index in [-0.39, 0.29) is 22.6 Å². The molecule has 1 atom stereocenters. The summed E-state index contributed by atoms with van der Waals surface area (Å²) < 4.78 is 0. The zero-order chi connectivity index (χ0) is 21.8. The third-order valence-electron chi connectivity index (χ3n) is 6.03. The van der Waals surface area contributed by atoms with Gasteiger partial charge in [-0.1, -0.05) is 30.3 Å². The van der Waals surface area contributed by atoms with Gasteiger partial charge in [-0.25, -0.2) is 0 Å². The number of hydrogen-bond donors (Lipinski definition) is 2. The summed E-state index contributed by atoms with van der Waals surface area (Å²) in [6, 6.07) is 14.7. The van der Waals surface area contributed by atoms with Gasteiger partial charge in [0.15, 0.2) is 0 Å². The number of fused-ring (bicyclic) bond motifs is 1. The number of carbonyl (C=O) groups is 1. The van der Waals surface area contributed by atoms with Crippen LogP contribution in [0.2, 0.25) is 0 Å². The molecule has 1 amide bonds. The van der Waals surface area contributed by atoms with Gasteiger partial charge in [-0.2, -0.15) is 0 Å². The number of nitrogens with zero attached hydrogens (tertiary/aromatic N) is 3. The van der Waals surface area contributed by atoms with Gasteiger partial charge in [0.1, 0.15) is 5.69 Å². The van der Waals surface area contributed by atoms with Crippen molar-refractivity contribution in [3.63, 3.8) is 0 Å². The molecular weight excluding hydrogens is 394 g/mol. The van der Waals surface area contributed by atoms with E-state index in [2.05, 4.69) is 21.3 Å². The van der Waals surface area contributed by atoms with Crippen molar-refractivity contribution in [2.75, 3.05) is 37.6 Å². The molecule has 1 aliphatic heterocycles. The van der Waals surface area contributed by atoms with Crippen LogP contribution in [0.3, 0.4) is 0 Å². The molecule has 0 saturated carbocycles. The number of aromatic nitrogens is 1. The van der Waals surface area contributed by atoms with Crippen LogP contribution in [0.1, 0.15) is 12.5 Å². The van der Waals surface area contributed by atoms with Gasteiger partial charge < -0.3 is 15.2 Å². The Hall–Kier alpha value is -3.39. The summed E-state index contributed by atoms with van der Waals surface area (Å²) in [6.45, 7) is 5.17. The molecule has 1 fully saturated rings. The fraction of sp³-hybridized carbons (Fsp3) is 0.348. The molecule has 0 bridgehead atoms. The van der Waals surface area contributed by atoms with Crippen LogP contribution < -0.4 is 10.2 Å². The fourth-order valence-electron chi connectivity index (χ4n) is 4.21. The predicted molar refractivity (Wildman–Crippen MR) is 121 cm³/mol. The van der Waals surface area contributed by atoms with Gasteiger partial charge >= 0.3 is 0 Å². The largest absolute Gasteiger partial charge is 0.363 e. The van der Waals surface area contributed by atoms with E-state index in [1.165, 1.54) is 17.0 Å². The molecule has 1 aromatic heterocycles. The van der Waals surface area contributed by atoms with Crippen molar-refractivity contribution in [1.82, 2.24) is 15.2 Å². The second-order valence-electron chi connectivity index (χ2n) is 7.85. The molecule has 3 aromatic rings. The lowest BCUT2D eigenvalue weighted by Crippen LogP contribution is -2.54. The predicted octanol–water partition coefficient (Wildman–Crippen LogP) is 2.95. The average molecular weight is 422 g/mol. The molecule has 1 saturated heterocycles. The highest BCUT2D eigenvalue weighted by Gasteiger charge is 2.28. The van der Waals surface area contributed by atoms with E-state index >= 15 is 0 Å². The second-order valence-corrected chi connectivity index (χ2v) is 7.85. The van der Waals surface area contributed by atoms with Crippen LogP contribution in [0.15, 0.2) is 54.7 Å². The first-order valence-corrected chi connectivity index (χ1v) is 10.6. The van der Waals surface area contributed by atoms with Crippen LogP contribution >= 0.6 is 0 Å². The smallest absolute Gasteiger partial charge is 0.292 e. The minimum absolute atomic E-state index is 0.0129. The van der Waals surface area contributed by atoms with Gasteiger partial charge in [-0.15, -0.1) is 0 Å². The van der Waals surface area contributed by atoms with Gasteiger partial charge in [-0.05, 0) is 31.0 Å². The zero-order valence-corrected chi connectivity index (χ0v) is 17.6. The van der Waals surface area contributed by atoms with Crippen LogP contribution in [0.4, 0.5) is 11.4 Å². The lowest BCUT2D eigenvalue weighted by Gasteiger charge is -2.38. The molecule has 4 rings (SSSR count). The maximum Gasteiger partial charge on any atom is 0.292 e. The molecule has 0 aliphatic carbocycles. The molecule has 162 valence electrons. The molecule has 1 unspecified atom stereocenters. The molecule has 2 aromatic carbocycles. The van der Waals surface area contributed by atoms with Crippen LogP contribution in [0, 0.1) is 10.1 Å². The lowest BCUT2D eigenvalue weighted by molar-refractivity contribution is -0.384. The third-order valence-corrected chi connectivity index (χ3v) is 6.03. The monoisotopic (exact) mass is 421 g/mol. The number of nitrogens with one attached hydrogen (secondary N) is 2. The van der Waals surface area contributed by atoms with Crippen molar-refractivity contribution in [3.8, 4) is 0 Å². The van der Waals surface area contributed by atoms with Gasteiger partial charge in [0, 0.05) is 55.9 Å². The summed E-state index contributed by atoms with van der Waals surface area (Å²) in [6.07, 6.45) is 2.77. The number of amides is 1. The maximum absolute atomic E-state index is 12.7. The number of hydrogen-bond acceptors (Lipinski definition) is 5. The first-order valence-electron chi connectivity index (χ1n) is 10.6. The summed E-state index contributed by atoms with van der Waals surface area (Å²) in [5, 5.41) is 15.5. The average Bonchev–Trinajstić information content (AvgIpc) is 3.21. The standard InChI is InChI=1S/C23H27N5O3/c1-17(23(29)24-11-10-18-16-25-20-7-3-2-6-19(18)20)26-12-14-27(15-13-26)21-8-4-5-9-22(21)28(30)31/h2-9,16-17,25H,10-15H2,1H3,(H,24,29). The minimum Gasteiger partial charge on any atom is -0.363 e. The summed E-state index contributed by atoms with van der Waals surface area (Å²) in [5.74, 6) is 0.0129. The normalized spacial score (nSPS) is 15.7. The number of nitro groups is 1. The summed E-state index contributed by atoms with van der Waals surface area (Å²) >= 11 is 0. The highest BCUT2D eigenvalue weighted by molar-refractivity contribution is 5.83. The zero-order valence-electron chi connectivity index (χ0n) is 17.6. The Kier molecular flexibility index (Phi) is 6.18. The first-order chi connectivity index (χ1) is 15.0. The van der Waals surface area contributed by atoms with Gasteiger partial charge in [-0.3, -0.25) is 19.8 Å². The fourth-order valence-corrected chi connectivity index (χ4v) is 4.21. The number of nitro benzene ring substituents is 1. The van der Waals surface area contributed by atoms with E-state index in [0.29, 0.717) is 38.4 Å². The Morgan fingerprint density at radius 2 is 1.84 bits per heavy atom. The highest BCUT2D eigenvalue weighted by Crippen LogP contribution is 2.28. The Morgan fingerprint density at radius 1 is 1.13 bits per heavy atom. The molecule has 1 aliphatic rings. The van der Waals surface area contributed by atoms with E-state index in [0.717, 1.165) is 11.9 Å². The van der Waals surface area contributed by atoms with E-state index in [4.69, 9.17) is 0 Å². The van der Waals surface area contributed by atoms with Gasteiger partial charge in [0.2, 0.25) is 5.91 Å². The van der Waals surface area contributed by atoms with E-state index in [1.54, 1.807) is 12.1 Å². The van der Waals surface area contributed by atoms with Crippen molar-refractivity contribution >= 4 is 28.2 Å². The molecular formula is C23H27N5O3. The number of aromatic amines is 1. The van der Waals surface area contributed by atoms with Crippen LogP contribution in [-0.4, -0.2) is 59.5 Å². The molecule has 8 nitrogen and oxygen atoms in total. The molecule has 2 N–H and O–H groups in total. The van der Waals surface area contributed by atoms with Gasteiger partial charge in [0.05, 0.1) is 11.0 Å². The van der Waals surface area contributed by atoms with Crippen molar-refractivity contribution in [1.29, 1.82) is 0 Å². The Bertz CT molecular complexity index is 1070. The Labute approximate surface area is 181 Å². The SMILES string of the molecule is CC(C(=O)NCCc1c[nH]c2ccccc12)N1CCN(c2ccccc2[N+](=O)[O-])CC1. The van der Waals surface area contributed by atoms with Crippen molar-refractivity contribution in [2.24, 2.45) is 0 Å². The van der Waals surface area contributed by atoms with Crippen LogP contribution in [-0.2, 0) is 11.2 Å². The summed E-state index contributed by atoms with van der Waals surface area (Å²) in [4.78, 5) is 31.0. The molecule has 0 spiro atoms. The van der Waals surface area contributed by atoms with Crippen molar-refractivity contribution < 1.29 is 9.72 Å². The van der Waals surface area contributed by atoms with E-state index in [1.807, 2.05) is 42.3 Å². The molecule has 8 heteroatoms.